The van der Waals surface area contributed by atoms with Crippen LogP contribution in [0.3, 0.4) is 0 Å². The molecule has 4 heteroatoms. The van der Waals surface area contributed by atoms with Crippen molar-refractivity contribution in [1.82, 2.24) is 10.3 Å². The molecule has 0 spiro atoms. The third-order valence-electron chi connectivity index (χ3n) is 4.26. The maximum absolute atomic E-state index is 12.1. The van der Waals surface area contributed by atoms with Crippen molar-refractivity contribution in [1.29, 1.82) is 0 Å². The fourth-order valence-electron chi connectivity index (χ4n) is 2.95. The first kappa shape index (κ1) is 16.0. The van der Waals surface area contributed by atoms with E-state index < -0.39 is 0 Å². The Morgan fingerprint density at radius 3 is 2.50 bits per heavy atom. The lowest BCUT2D eigenvalue weighted by molar-refractivity contribution is 0.251. The van der Waals surface area contributed by atoms with Crippen LogP contribution in [0.2, 0.25) is 0 Å². The maximum Gasteiger partial charge on any atom is 0.319 e. The van der Waals surface area contributed by atoms with E-state index in [9.17, 15) is 4.79 Å². The van der Waals surface area contributed by atoms with Crippen LogP contribution in [0, 0.1) is 0 Å². The van der Waals surface area contributed by atoms with Gasteiger partial charge in [-0.05, 0) is 29.8 Å². The van der Waals surface area contributed by atoms with Gasteiger partial charge in [0.25, 0.3) is 0 Å². The monoisotopic (exact) mass is 341 g/mol. The summed E-state index contributed by atoms with van der Waals surface area (Å²) < 4.78 is 0. The van der Waals surface area contributed by atoms with Crippen molar-refractivity contribution in [3.63, 3.8) is 0 Å². The van der Waals surface area contributed by atoms with Crippen LogP contribution >= 0.6 is 0 Å². The molecule has 0 saturated carbocycles. The fraction of sp³-hybridized carbons (Fsp3) is 0.0455. The molecule has 0 atom stereocenters. The molecule has 0 aliphatic rings. The second-order valence-corrected chi connectivity index (χ2v) is 6.14. The van der Waals surface area contributed by atoms with Crippen molar-refractivity contribution in [3.05, 3.63) is 90.5 Å². The van der Waals surface area contributed by atoms with Gasteiger partial charge in [-0.25, -0.2) is 4.79 Å². The van der Waals surface area contributed by atoms with Crippen LogP contribution in [0.4, 0.5) is 10.5 Å². The summed E-state index contributed by atoms with van der Waals surface area (Å²) in [6, 6.07) is 27.7. The van der Waals surface area contributed by atoms with E-state index in [0.29, 0.717) is 6.54 Å². The third-order valence-corrected chi connectivity index (χ3v) is 4.26. The van der Waals surface area contributed by atoms with Gasteiger partial charge in [-0.2, -0.15) is 0 Å². The van der Waals surface area contributed by atoms with Gasteiger partial charge in [0, 0.05) is 34.4 Å². The molecule has 0 bridgehead atoms. The summed E-state index contributed by atoms with van der Waals surface area (Å²) in [5.41, 5.74) is 4.98. The van der Waals surface area contributed by atoms with Crippen molar-refractivity contribution < 1.29 is 4.79 Å². The highest BCUT2D eigenvalue weighted by atomic mass is 16.2. The Bertz CT molecular complexity index is 1000. The van der Waals surface area contributed by atoms with E-state index in [4.69, 9.17) is 0 Å². The van der Waals surface area contributed by atoms with E-state index >= 15 is 0 Å². The summed E-state index contributed by atoms with van der Waals surface area (Å²) in [5.74, 6) is 0. The average molecular weight is 341 g/mol. The molecule has 26 heavy (non-hydrogen) atoms. The zero-order valence-corrected chi connectivity index (χ0v) is 14.2. The van der Waals surface area contributed by atoms with E-state index in [2.05, 4.69) is 33.8 Å². The lowest BCUT2D eigenvalue weighted by Gasteiger charge is -2.09. The highest BCUT2D eigenvalue weighted by molar-refractivity contribution is 5.91. The van der Waals surface area contributed by atoms with Crippen LogP contribution in [-0.2, 0) is 6.54 Å². The third kappa shape index (κ3) is 3.59. The number of fused-ring (bicyclic) bond motifs is 1. The molecule has 0 unspecified atom stereocenters. The lowest BCUT2D eigenvalue weighted by atomic mass is 10.1. The summed E-state index contributed by atoms with van der Waals surface area (Å²) >= 11 is 0. The molecular formula is C22H19N3O. The van der Waals surface area contributed by atoms with Gasteiger partial charge in [0.05, 0.1) is 0 Å². The molecular weight excluding hydrogens is 322 g/mol. The van der Waals surface area contributed by atoms with E-state index in [1.165, 1.54) is 5.39 Å². The van der Waals surface area contributed by atoms with Gasteiger partial charge in [-0.3, -0.25) is 0 Å². The first-order valence-corrected chi connectivity index (χ1v) is 8.55. The molecule has 0 radical (unpaired) electrons. The molecule has 128 valence electrons. The minimum Gasteiger partial charge on any atom is -0.355 e. The molecule has 0 aliphatic heterocycles. The molecule has 3 N–H and O–H groups in total. The zero-order chi connectivity index (χ0) is 17.8. The first-order valence-electron chi connectivity index (χ1n) is 8.55. The Balaban J connectivity index is 1.46. The van der Waals surface area contributed by atoms with E-state index in [-0.39, 0.29) is 6.03 Å². The molecule has 2 amide bonds. The number of nitrogens with one attached hydrogen (secondary N) is 3. The molecule has 4 nitrogen and oxygen atoms in total. The summed E-state index contributed by atoms with van der Waals surface area (Å²) in [6.45, 7) is 0.494. The number of hydrogen-bond acceptors (Lipinski definition) is 1. The molecule has 1 heterocycles. The number of urea groups is 1. The SMILES string of the molecule is O=C(NCc1ccccc1)Nc1cccc(-c2cc3ccccc3[nH]2)c1. The van der Waals surface area contributed by atoms with E-state index in [1.807, 2.05) is 66.7 Å². The van der Waals surface area contributed by atoms with Crippen LogP contribution in [-0.4, -0.2) is 11.0 Å². The van der Waals surface area contributed by atoms with Gasteiger partial charge in [0.2, 0.25) is 0 Å². The molecule has 0 saturated heterocycles. The number of H-pyrrole nitrogens is 1. The Kier molecular flexibility index (Phi) is 4.39. The second kappa shape index (κ2) is 7.15. The summed E-state index contributed by atoms with van der Waals surface area (Å²) in [6.07, 6.45) is 0. The molecule has 4 aromatic rings. The number of benzene rings is 3. The van der Waals surface area contributed by atoms with Crippen molar-refractivity contribution in [3.8, 4) is 11.3 Å². The van der Waals surface area contributed by atoms with Crippen LogP contribution in [0.15, 0.2) is 84.9 Å². The number of carbonyl (C=O) groups is 1. The predicted octanol–water partition coefficient (Wildman–Crippen LogP) is 5.16. The molecule has 0 aliphatic carbocycles. The number of amides is 2. The van der Waals surface area contributed by atoms with E-state index in [1.54, 1.807) is 0 Å². The van der Waals surface area contributed by atoms with E-state index in [0.717, 1.165) is 28.0 Å². The molecule has 3 aromatic carbocycles. The van der Waals surface area contributed by atoms with Crippen LogP contribution in [0.1, 0.15) is 5.56 Å². The van der Waals surface area contributed by atoms with Crippen LogP contribution in [0.5, 0.6) is 0 Å². The Morgan fingerprint density at radius 2 is 1.65 bits per heavy atom. The van der Waals surface area contributed by atoms with Crippen LogP contribution < -0.4 is 10.6 Å². The molecule has 0 fully saturated rings. The van der Waals surface area contributed by atoms with Gasteiger partial charge in [-0.1, -0.05) is 60.7 Å². The largest absolute Gasteiger partial charge is 0.355 e. The summed E-state index contributed by atoms with van der Waals surface area (Å²) in [4.78, 5) is 15.6. The number of aromatic nitrogens is 1. The maximum atomic E-state index is 12.1. The normalized spacial score (nSPS) is 10.6. The topological polar surface area (TPSA) is 56.9 Å². The number of carbonyl (C=O) groups excluding carboxylic acids is 1. The molecule has 1 aromatic heterocycles. The quantitative estimate of drug-likeness (QED) is 0.472. The van der Waals surface area contributed by atoms with Crippen LogP contribution in [0.25, 0.3) is 22.2 Å². The highest BCUT2D eigenvalue weighted by Crippen LogP contribution is 2.26. The van der Waals surface area contributed by atoms with Crippen molar-refractivity contribution in [2.75, 3.05) is 5.32 Å². The predicted molar refractivity (Wildman–Crippen MR) is 106 cm³/mol. The first-order chi connectivity index (χ1) is 12.8. The number of para-hydroxylation sites is 1. The second-order valence-electron chi connectivity index (χ2n) is 6.14. The smallest absolute Gasteiger partial charge is 0.319 e. The Hall–Kier alpha value is -3.53. The highest BCUT2D eigenvalue weighted by Gasteiger charge is 2.06. The molecule has 4 rings (SSSR count). The Morgan fingerprint density at radius 1 is 0.846 bits per heavy atom. The standard InChI is InChI=1S/C22H19N3O/c26-22(23-15-16-7-2-1-3-8-16)24-19-11-6-10-17(13-19)21-14-18-9-4-5-12-20(18)25-21/h1-14,25H,15H2,(H2,23,24,26). The summed E-state index contributed by atoms with van der Waals surface area (Å²) in [5, 5.41) is 6.93. The number of aromatic amines is 1. The Labute approximate surface area is 151 Å². The zero-order valence-electron chi connectivity index (χ0n) is 14.2. The lowest BCUT2D eigenvalue weighted by Crippen LogP contribution is -2.28. The van der Waals surface area contributed by atoms with Crippen molar-refractivity contribution in [2.24, 2.45) is 0 Å². The minimum absolute atomic E-state index is 0.220. The van der Waals surface area contributed by atoms with Gasteiger partial charge >= 0.3 is 6.03 Å². The van der Waals surface area contributed by atoms with Gasteiger partial charge in [0.1, 0.15) is 0 Å². The van der Waals surface area contributed by atoms with Gasteiger partial charge in [0.15, 0.2) is 0 Å². The van der Waals surface area contributed by atoms with Crippen molar-refractivity contribution >= 4 is 22.6 Å². The minimum atomic E-state index is -0.220. The van der Waals surface area contributed by atoms with Gasteiger partial charge in [-0.15, -0.1) is 0 Å². The number of anilines is 1. The number of rotatable bonds is 4. The summed E-state index contributed by atoms with van der Waals surface area (Å²) in [7, 11) is 0. The average Bonchev–Trinajstić information content (AvgIpc) is 3.12. The van der Waals surface area contributed by atoms with Gasteiger partial charge < -0.3 is 15.6 Å². The van der Waals surface area contributed by atoms with Crippen molar-refractivity contribution in [2.45, 2.75) is 6.54 Å². The fourth-order valence-corrected chi connectivity index (χ4v) is 2.95. The number of hydrogen-bond donors (Lipinski definition) is 3.